The van der Waals surface area contributed by atoms with E-state index in [1.165, 1.54) is 0 Å². The Balaban J connectivity index is 2.34. The van der Waals surface area contributed by atoms with E-state index >= 15 is 0 Å². The highest BCUT2D eigenvalue weighted by atomic mass is 16.5. The van der Waals surface area contributed by atoms with Crippen LogP contribution in [0.3, 0.4) is 0 Å². The average Bonchev–Trinajstić information content (AvgIpc) is 2.27. The second-order valence-corrected chi connectivity index (χ2v) is 3.58. The maximum atomic E-state index is 10.9. The van der Waals surface area contributed by atoms with Crippen molar-refractivity contribution in [3.05, 3.63) is 35.4 Å². The fourth-order valence-corrected chi connectivity index (χ4v) is 1.88. The Morgan fingerprint density at radius 3 is 2.93 bits per heavy atom. The molecular formula is C11H13NO3. The van der Waals surface area contributed by atoms with E-state index in [1.807, 2.05) is 24.3 Å². The van der Waals surface area contributed by atoms with Gasteiger partial charge in [0.25, 0.3) is 0 Å². The Labute approximate surface area is 87.9 Å². The number of hydrogen-bond donors (Lipinski definition) is 2. The first-order chi connectivity index (χ1) is 7.22. The van der Waals surface area contributed by atoms with Crippen LogP contribution in [0.1, 0.15) is 17.4 Å². The molecule has 0 bridgehead atoms. The monoisotopic (exact) mass is 207 g/mol. The number of benzene rings is 1. The quantitative estimate of drug-likeness (QED) is 0.757. The van der Waals surface area contributed by atoms with Crippen molar-refractivity contribution in [3.63, 3.8) is 0 Å². The van der Waals surface area contributed by atoms with Gasteiger partial charge < -0.3 is 9.84 Å². The summed E-state index contributed by atoms with van der Waals surface area (Å²) in [6.45, 7) is 0. The zero-order valence-corrected chi connectivity index (χ0v) is 8.43. The highest BCUT2D eigenvalue weighted by Crippen LogP contribution is 2.25. The minimum atomic E-state index is -0.841. The van der Waals surface area contributed by atoms with E-state index in [0.717, 1.165) is 11.1 Å². The van der Waals surface area contributed by atoms with Crippen molar-refractivity contribution in [3.8, 4) is 0 Å². The summed E-state index contributed by atoms with van der Waals surface area (Å²) in [6, 6.07) is 7.17. The first-order valence-corrected chi connectivity index (χ1v) is 4.82. The van der Waals surface area contributed by atoms with Gasteiger partial charge in [0.15, 0.2) is 0 Å². The molecule has 80 valence electrons. The van der Waals surface area contributed by atoms with Gasteiger partial charge in [-0.25, -0.2) is 0 Å². The molecule has 0 spiro atoms. The summed E-state index contributed by atoms with van der Waals surface area (Å²) in [4.78, 5) is 10.9. The maximum Gasteiger partial charge on any atom is 0.321 e. The predicted octanol–water partition coefficient (Wildman–Crippen LogP) is 0.930. The van der Waals surface area contributed by atoms with Gasteiger partial charge in [0, 0.05) is 7.11 Å². The van der Waals surface area contributed by atoms with Crippen molar-refractivity contribution in [2.75, 3.05) is 7.11 Å². The van der Waals surface area contributed by atoms with E-state index in [4.69, 9.17) is 9.84 Å². The van der Waals surface area contributed by atoms with Gasteiger partial charge in [-0.15, -0.1) is 0 Å². The minimum absolute atomic E-state index is 0.323. The lowest BCUT2D eigenvalue weighted by atomic mass is 9.94. The van der Waals surface area contributed by atoms with Gasteiger partial charge in [-0.05, 0) is 17.5 Å². The molecule has 2 N–H and O–H groups in total. The number of ether oxygens (including phenoxy) is 1. The Kier molecular flexibility index (Phi) is 2.70. The lowest BCUT2D eigenvalue weighted by Crippen LogP contribution is -2.45. The largest absolute Gasteiger partial charge is 0.480 e. The molecule has 1 aliphatic rings. The van der Waals surface area contributed by atoms with Crippen LogP contribution >= 0.6 is 0 Å². The maximum absolute atomic E-state index is 10.9. The first kappa shape index (κ1) is 10.1. The fourth-order valence-electron chi connectivity index (χ4n) is 1.88. The molecule has 0 saturated heterocycles. The van der Waals surface area contributed by atoms with Crippen LogP contribution in [0.5, 0.6) is 0 Å². The fraction of sp³-hybridized carbons (Fsp3) is 0.364. The molecule has 15 heavy (non-hydrogen) atoms. The lowest BCUT2D eigenvalue weighted by Gasteiger charge is -2.29. The summed E-state index contributed by atoms with van der Waals surface area (Å²) in [5.74, 6) is -0.841. The average molecular weight is 207 g/mol. The van der Waals surface area contributed by atoms with E-state index in [1.54, 1.807) is 7.11 Å². The zero-order valence-electron chi connectivity index (χ0n) is 8.43. The Hall–Kier alpha value is -1.39. The van der Waals surface area contributed by atoms with Crippen LogP contribution in [-0.4, -0.2) is 24.2 Å². The molecule has 1 aliphatic heterocycles. The van der Waals surface area contributed by atoms with E-state index in [9.17, 15) is 4.79 Å². The van der Waals surface area contributed by atoms with E-state index in [-0.39, 0.29) is 6.23 Å². The number of fused-ring (bicyclic) bond motifs is 1. The third-order valence-corrected chi connectivity index (χ3v) is 2.65. The number of methoxy groups -OCH3 is 1. The van der Waals surface area contributed by atoms with Crippen LogP contribution in [0.4, 0.5) is 0 Å². The van der Waals surface area contributed by atoms with Crippen LogP contribution in [0.2, 0.25) is 0 Å². The number of nitrogens with one attached hydrogen (secondary N) is 1. The third kappa shape index (κ3) is 1.86. The van der Waals surface area contributed by atoms with Crippen LogP contribution in [0, 0.1) is 0 Å². The Morgan fingerprint density at radius 1 is 1.53 bits per heavy atom. The highest BCUT2D eigenvalue weighted by molar-refractivity contribution is 5.74. The molecule has 0 radical (unpaired) electrons. The molecule has 0 aliphatic carbocycles. The molecule has 1 aromatic rings. The van der Waals surface area contributed by atoms with E-state index in [2.05, 4.69) is 5.32 Å². The summed E-state index contributed by atoms with van der Waals surface area (Å²) in [6.07, 6.45) is 0.182. The zero-order chi connectivity index (χ0) is 10.8. The van der Waals surface area contributed by atoms with Gasteiger partial charge in [0.05, 0.1) is 0 Å². The van der Waals surface area contributed by atoms with Crippen LogP contribution in [0.25, 0.3) is 0 Å². The predicted molar refractivity (Wildman–Crippen MR) is 54.5 cm³/mol. The molecule has 0 fully saturated rings. The minimum Gasteiger partial charge on any atom is -0.480 e. The van der Waals surface area contributed by atoms with Crippen LogP contribution < -0.4 is 5.32 Å². The Bertz CT molecular complexity index is 378. The lowest BCUT2D eigenvalue weighted by molar-refractivity contribution is -0.141. The molecule has 0 saturated carbocycles. The smallest absolute Gasteiger partial charge is 0.321 e. The number of hydrogen-bond acceptors (Lipinski definition) is 3. The number of aliphatic carboxylic acids is 1. The molecular weight excluding hydrogens is 194 g/mol. The van der Waals surface area contributed by atoms with Crippen LogP contribution in [-0.2, 0) is 16.0 Å². The summed E-state index contributed by atoms with van der Waals surface area (Å²) >= 11 is 0. The van der Waals surface area contributed by atoms with Gasteiger partial charge in [0.2, 0.25) is 0 Å². The van der Waals surface area contributed by atoms with Gasteiger partial charge in [-0.2, -0.15) is 0 Å². The molecule has 0 aromatic heterocycles. The second kappa shape index (κ2) is 4.00. The number of carboxylic acid groups (broad SMARTS) is 1. The molecule has 2 rings (SSSR count). The summed E-state index contributed by atoms with van der Waals surface area (Å²) in [5, 5.41) is 11.9. The van der Waals surface area contributed by atoms with Crippen LogP contribution in [0.15, 0.2) is 24.3 Å². The summed E-state index contributed by atoms with van der Waals surface area (Å²) < 4.78 is 5.22. The SMILES string of the molecule is COC1NC(C(=O)O)Cc2ccccc21. The number of rotatable bonds is 2. The third-order valence-electron chi connectivity index (χ3n) is 2.65. The van der Waals surface area contributed by atoms with Crippen molar-refractivity contribution in [2.45, 2.75) is 18.7 Å². The molecule has 4 heteroatoms. The highest BCUT2D eigenvalue weighted by Gasteiger charge is 2.29. The molecule has 2 atom stereocenters. The van der Waals surface area contributed by atoms with Crippen molar-refractivity contribution in [2.24, 2.45) is 0 Å². The number of carbonyl (C=O) groups is 1. The van der Waals surface area contributed by atoms with E-state index < -0.39 is 12.0 Å². The van der Waals surface area contributed by atoms with Crippen molar-refractivity contribution in [1.29, 1.82) is 0 Å². The van der Waals surface area contributed by atoms with Gasteiger partial charge >= 0.3 is 5.97 Å². The van der Waals surface area contributed by atoms with Gasteiger partial charge in [-0.3, -0.25) is 10.1 Å². The van der Waals surface area contributed by atoms with Crippen molar-refractivity contribution in [1.82, 2.24) is 5.32 Å². The molecule has 2 unspecified atom stereocenters. The molecule has 0 amide bonds. The first-order valence-electron chi connectivity index (χ1n) is 4.82. The van der Waals surface area contributed by atoms with E-state index in [0.29, 0.717) is 6.42 Å². The second-order valence-electron chi connectivity index (χ2n) is 3.58. The van der Waals surface area contributed by atoms with Crippen molar-refractivity contribution >= 4 is 5.97 Å². The standard InChI is InChI=1S/C11H13NO3/c1-15-10-8-5-3-2-4-7(8)6-9(12-10)11(13)14/h2-5,9-10,12H,6H2,1H3,(H,13,14). The molecule has 4 nitrogen and oxygen atoms in total. The molecule has 1 heterocycles. The normalized spacial score (nSPS) is 24.6. The topological polar surface area (TPSA) is 58.6 Å². The number of carboxylic acids is 1. The Morgan fingerprint density at radius 2 is 2.27 bits per heavy atom. The molecule has 1 aromatic carbocycles. The summed E-state index contributed by atoms with van der Waals surface area (Å²) in [5.41, 5.74) is 2.06. The summed E-state index contributed by atoms with van der Waals surface area (Å²) in [7, 11) is 1.57. The van der Waals surface area contributed by atoms with Crippen molar-refractivity contribution < 1.29 is 14.6 Å². The van der Waals surface area contributed by atoms with Gasteiger partial charge in [-0.1, -0.05) is 24.3 Å². The van der Waals surface area contributed by atoms with Gasteiger partial charge in [0.1, 0.15) is 12.3 Å².